The van der Waals surface area contributed by atoms with Gasteiger partial charge in [0, 0.05) is 42.4 Å². The predicted molar refractivity (Wildman–Crippen MR) is 116 cm³/mol. The summed E-state index contributed by atoms with van der Waals surface area (Å²) < 4.78 is 10.6. The average molecular weight is 427 g/mol. The molecule has 1 unspecified atom stereocenters. The summed E-state index contributed by atoms with van der Waals surface area (Å²) in [5, 5.41) is 10.4. The number of Topliss-reactive ketones (excluding diaryl/α,β-unsaturated/α-hetero) is 1. The minimum absolute atomic E-state index is 0.0107. The highest BCUT2D eigenvalue weighted by atomic mass is 16.5. The lowest BCUT2D eigenvalue weighted by molar-refractivity contribution is -0.138. The van der Waals surface area contributed by atoms with Crippen molar-refractivity contribution in [1.29, 1.82) is 0 Å². The van der Waals surface area contributed by atoms with Crippen LogP contribution in [0, 0.1) is 11.3 Å². The number of aromatic hydroxyl groups is 1. The van der Waals surface area contributed by atoms with Gasteiger partial charge in [0.25, 0.3) is 0 Å². The lowest BCUT2D eigenvalue weighted by Gasteiger charge is -2.41. The van der Waals surface area contributed by atoms with Crippen LogP contribution in [-0.2, 0) is 14.3 Å². The van der Waals surface area contributed by atoms with Crippen LogP contribution < -0.4 is 4.74 Å². The summed E-state index contributed by atoms with van der Waals surface area (Å²) in [4.78, 5) is 33.5. The fourth-order valence-electron chi connectivity index (χ4n) is 5.01. The molecule has 1 N–H and O–H groups in total. The van der Waals surface area contributed by atoms with Crippen LogP contribution in [0.3, 0.4) is 0 Å². The molecular weight excluding hydrogens is 396 g/mol. The van der Waals surface area contributed by atoms with Crippen LogP contribution in [0.4, 0.5) is 0 Å². The Morgan fingerprint density at radius 2 is 1.97 bits per heavy atom. The number of morpholine rings is 1. The van der Waals surface area contributed by atoms with E-state index >= 15 is 0 Å². The van der Waals surface area contributed by atoms with Crippen LogP contribution in [0.15, 0.2) is 34.5 Å². The normalized spacial score (nSPS) is 25.7. The fraction of sp³-hybridized carbons (Fsp3) is 0.542. The number of hydrogen-bond acceptors (Lipinski definition) is 6. The first-order valence-electron chi connectivity index (χ1n) is 10.8. The zero-order valence-electron chi connectivity index (χ0n) is 18.6. The number of ketones is 1. The van der Waals surface area contributed by atoms with Gasteiger partial charge in [0.1, 0.15) is 0 Å². The Kier molecular flexibility index (Phi) is 5.64. The molecule has 1 aliphatic carbocycles. The third kappa shape index (κ3) is 3.99. The maximum atomic E-state index is 13.6. The summed E-state index contributed by atoms with van der Waals surface area (Å²) in [5.41, 5.74) is 2.64. The highest BCUT2D eigenvalue weighted by Crippen LogP contribution is 2.48. The number of aliphatic imine (C=N–C) groups is 1. The molecule has 7 heteroatoms. The monoisotopic (exact) mass is 426 g/mol. The van der Waals surface area contributed by atoms with Crippen molar-refractivity contribution in [2.45, 2.75) is 39.5 Å². The molecule has 2 aliphatic heterocycles. The van der Waals surface area contributed by atoms with E-state index in [1.165, 1.54) is 7.11 Å². The maximum absolute atomic E-state index is 13.6. The van der Waals surface area contributed by atoms with Crippen LogP contribution in [0.1, 0.15) is 45.1 Å². The van der Waals surface area contributed by atoms with E-state index in [0.29, 0.717) is 56.2 Å². The number of phenolic OH excluding ortho intramolecular Hbond substituents is 1. The molecule has 0 aromatic heterocycles. The first-order chi connectivity index (χ1) is 14.7. The Morgan fingerprint density at radius 1 is 1.26 bits per heavy atom. The van der Waals surface area contributed by atoms with Gasteiger partial charge in [-0.2, -0.15) is 0 Å². The topological polar surface area (TPSA) is 88.4 Å². The maximum Gasteiger partial charge on any atom is 0.232 e. The van der Waals surface area contributed by atoms with Gasteiger partial charge < -0.3 is 19.5 Å². The Labute approximate surface area is 182 Å². The Bertz CT molecular complexity index is 972. The fourth-order valence-corrected chi connectivity index (χ4v) is 5.01. The zero-order chi connectivity index (χ0) is 22.3. The van der Waals surface area contributed by atoms with Crippen molar-refractivity contribution in [2.75, 3.05) is 33.4 Å². The second-order valence-electron chi connectivity index (χ2n) is 9.38. The number of nitrogens with zero attached hydrogens (tertiary/aromatic N) is 2. The molecule has 1 amide bonds. The molecule has 1 aromatic rings. The Hall–Kier alpha value is -2.67. The third-order valence-corrected chi connectivity index (χ3v) is 6.45. The van der Waals surface area contributed by atoms with Gasteiger partial charge in [-0.3, -0.25) is 14.6 Å². The van der Waals surface area contributed by atoms with Gasteiger partial charge in [-0.25, -0.2) is 0 Å². The van der Waals surface area contributed by atoms with Gasteiger partial charge in [0.15, 0.2) is 17.3 Å². The van der Waals surface area contributed by atoms with Crippen LogP contribution in [0.5, 0.6) is 11.5 Å². The predicted octanol–water partition coefficient (Wildman–Crippen LogP) is 3.08. The van der Waals surface area contributed by atoms with Crippen LogP contribution in [-0.4, -0.2) is 60.8 Å². The number of hydrogen-bond donors (Lipinski definition) is 1. The van der Waals surface area contributed by atoms with Gasteiger partial charge in [0.05, 0.1) is 26.2 Å². The molecule has 1 aromatic carbocycles. The van der Waals surface area contributed by atoms with E-state index in [1.807, 2.05) is 13.0 Å². The van der Waals surface area contributed by atoms with Crippen molar-refractivity contribution in [3.8, 4) is 11.5 Å². The van der Waals surface area contributed by atoms with Gasteiger partial charge >= 0.3 is 0 Å². The quantitative estimate of drug-likeness (QED) is 0.803. The number of amides is 1. The zero-order valence-corrected chi connectivity index (χ0v) is 18.6. The molecule has 0 radical (unpaired) electrons. The van der Waals surface area contributed by atoms with Crippen LogP contribution >= 0.6 is 0 Å². The van der Waals surface area contributed by atoms with Gasteiger partial charge in [-0.1, -0.05) is 19.9 Å². The van der Waals surface area contributed by atoms with Crippen molar-refractivity contribution in [2.24, 2.45) is 16.3 Å². The summed E-state index contributed by atoms with van der Waals surface area (Å²) in [5.74, 6) is -0.746. The number of ether oxygens (including phenoxy) is 2. The number of carbonyl (C=O) groups excluding carboxylic acids is 2. The average Bonchev–Trinajstić information content (AvgIpc) is 2.72. The molecule has 0 bridgehead atoms. The minimum atomic E-state index is -0.588. The number of methoxy groups -OCH3 is 1. The number of phenols is 1. The van der Waals surface area contributed by atoms with Gasteiger partial charge in [-0.15, -0.1) is 0 Å². The molecule has 166 valence electrons. The summed E-state index contributed by atoms with van der Waals surface area (Å²) in [6.07, 6.45) is 1.10. The first-order valence-corrected chi connectivity index (χ1v) is 10.8. The Balaban J connectivity index is 1.83. The molecule has 7 nitrogen and oxygen atoms in total. The highest BCUT2D eigenvalue weighted by Gasteiger charge is 2.46. The van der Waals surface area contributed by atoms with Gasteiger partial charge in [-0.05, 0) is 36.5 Å². The number of benzene rings is 1. The minimum Gasteiger partial charge on any atom is -0.504 e. The molecule has 1 saturated heterocycles. The van der Waals surface area contributed by atoms with E-state index in [-0.39, 0.29) is 22.9 Å². The first kappa shape index (κ1) is 21.6. The van der Waals surface area contributed by atoms with E-state index in [2.05, 4.69) is 13.8 Å². The van der Waals surface area contributed by atoms with Crippen LogP contribution in [0.25, 0.3) is 0 Å². The molecular formula is C24H30N2O5. The second-order valence-corrected chi connectivity index (χ2v) is 9.38. The molecule has 4 rings (SSSR count). The van der Waals surface area contributed by atoms with Crippen molar-refractivity contribution < 1.29 is 24.2 Å². The standard InChI is InChI=1S/C24H30N2O5/c1-14-20(23(29)26-7-9-31-10-8-26)21(15-5-6-19(30-4)17(27)11-15)22-16(25-14)12-24(2,3)13-18(22)28/h5-6,11,20-21,27H,7-10,12-13H2,1-4H3/t20?,21-/m1/s1. The number of allylic oxidation sites excluding steroid dienone is 2. The summed E-state index contributed by atoms with van der Waals surface area (Å²) >= 11 is 0. The second kappa shape index (κ2) is 8.11. The van der Waals surface area contributed by atoms with Crippen LogP contribution in [0.2, 0.25) is 0 Å². The van der Waals surface area contributed by atoms with Crippen molar-refractivity contribution in [1.82, 2.24) is 4.90 Å². The van der Waals surface area contributed by atoms with Crippen molar-refractivity contribution in [3.05, 3.63) is 35.0 Å². The molecule has 2 heterocycles. The lowest BCUT2D eigenvalue weighted by Crippen LogP contribution is -2.48. The third-order valence-electron chi connectivity index (χ3n) is 6.45. The molecule has 0 spiro atoms. The number of carbonyl (C=O) groups is 2. The molecule has 3 aliphatic rings. The number of rotatable bonds is 3. The van der Waals surface area contributed by atoms with Gasteiger partial charge in [0.2, 0.25) is 5.91 Å². The SMILES string of the molecule is COc1ccc([C@H]2C3=C(CC(C)(C)CC3=O)N=C(C)C2C(=O)N2CCOCC2)cc1O. The lowest BCUT2D eigenvalue weighted by atomic mass is 9.66. The highest BCUT2D eigenvalue weighted by molar-refractivity contribution is 6.10. The van der Waals surface area contributed by atoms with E-state index in [9.17, 15) is 14.7 Å². The molecule has 0 saturated carbocycles. The smallest absolute Gasteiger partial charge is 0.232 e. The summed E-state index contributed by atoms with van der Waals surface area (Å²) in [7, 11) is 1.49. The van der Waals surface area contributed by atoms with Crippen molar-refractivity contribution in [3.63, 3.8) is 0 Å². The summed E-state index contributed by atoms with van der Waals surface area (Å²) in [6.45, 7) is 8.06. The van der Waals surface area contributed by atoms with E-state index in [4.69, 9.17) is 14.5 Å². The molecule has 1 fully saturated rings. The summed E-state index contributed by atoms with van der Waals surface area (Å²) in [6, 6.07) is 5.12. The molecule has 2 atom stereocenters. The Morgan fingerprint density at radius 3 is 2.61 bits per heavy atom. The van der Waals surface area contributed by atoms with E-state index in [1.54, 1.807) is 17.0 Å². The van der Waals surface area contributed by atoms with Crippen molar-refractivity contribution >= 4 is 17.4 Å². The molecule has 31 heavy (non-hydrogen) atoms. The van der Waals surface area contributed by atoms with E-state index < -0.39 is 11.8 Å². The van der Waals surface area contributed by atoms with E-state index in [0.717, 1.165) is 11.3 Å². The largest absolute Gasteiger partial charge is 0.504 e.